The summed E-state index contributed by atoms with van der Waals surface area (Å²) in [4.78, 5) is 12.3. The molecule has 0 saturated carbocycles. The van der Waals surface area contributed by atoms with Gasteiger partial charge in [0, 0.05) is 5.56 Å². The van der Waals surface area contributed by atoms with E-state index >= 15 is 0 Å². The molecule has 0 fully saturated rings. The molecule has 0 aliphatic carbocycles. The summed E-state index contributed by atoms with van der Waals surface area (Å²) >= 11 is 0. The fourth-order valence-electron chi connectivity index (χ4n) is 2.41. The number of aromatic amines is 1. The van der Waals surface area contributed by atoms with Crippen molar-refractivity contribution in [2.24, 2.45) is 0 Å². The molecule has 4 heteroatoms. The Labute approximate surface area is 135 Å². The van der Waals surface area contributed by atoms with Crippen molar-refractivity contribution in [2.75, 3.05) is 0 Å². The van der Waals surface area contributed by atoms with Gasteiger partial charge >= 0.3 is 0 Å². The molecule has 0 aliphatic rings. The average Bonchev–Trinajstić information content (AvgIpc) is 3.06. The van der Waals surface area contributed by atoms with Crippen LogP contribution in [0, 0.1) is 6.92 Å². The Bertz CT molecular complexity index is 791. The number of nitrogens with zero attached hydrogens (tertiary/aromatic N) is 1. The molecule has 1 atom stereocenters. The van der Waals surface area contributed by atoms with Gasteiger partial charge in [-0.3, -0.25) is 9.89 Å². The Balaban J connectivity index is 1.72. The second-order valence-electron chi connectivity index (χ2n) is 5.64. The third-order valence-corrected chi connectivity index (χ3v) is 3.82. The topological polar surface area (TPSA) is 57.8 Å². The Morgan fingerprint density at radius 3 is 2.48 bits per heavy atom. The van der Waals surface area contributed by atoms with E-state index < -0.39 is 0 Å². The van der Waals surface area contributed by atoms with E-state index in [1.165, 1.54) is 5.56 Å². The number of amides is 1. The van der Waals surface area contributed by atoms with Gasteiger partial charge in [0.15, 0.2) is 0 Å². The Kier molecular flexibility index (Phi) is 4.24. The third-order valence-electron chi connectivity index (χ3n) is 3.82. The number of aryl methyl sites for hydroxylation is 1. The lowest BCUT2D eigenvalue weighted by Gasteiger charge is -2.13. The molecule has 1 unspecified atom stereocenters. The lowest BCUT2D eigenvalue weighted by atomic mass is 10.1. The number of benzene rings is 2. The molecule has 3 rings (SSSR count). The van der Waals surface area contributed by atoms with Gasteiger partial charge < -0.3 is 5.32 Å². The molecule has 1 aromatic heterocycles. The second kappa shape index (κ2) is 6.48. The number of aromatic nitrogens is 2. The molecule has 1 amide bonds. The van der Waals surface area contributed by atoms with Crippen LogP contribution in [0.2, 0.25) is 0 Å². The number of carbonyl (C=O) groups is 1. The van der Waals surface area contributed by atoms with Gasteiger partial charge in [-0.25, -0.2) is 0 Å². The minimum Gasteiger partial charge on any atom is -0.344 e. The van der Waals surface area contributed by atoms with E-state index in [1.807, 2.05) is 68.4 Å². The Morgan fingerprint density at radius 2 is 1.78 bits per heavy atom. The zero-order valence-corrected chi connectivity index (χ0v) is 13.2. The first kappa shape index (κ1) is 15.0. The first-order valence-corrected chi connectivity index (χ1v) is 7.62. The minimum atomic E-state index is -0.160. The number of rotatable bonds is 4. The van der Waals surface area contributed by atoms with Crippen molar-refractivity contribution in [1.82, 2.24) is 15.5 Å². The van der Waals surface area contributed by atoms with Crippen LogP contribution in [0.25, 0.3) is 11.3 Å². The number of H-pyrrole nitrogens is 1. The molecule has 4 nitrogen and oxygen atoms in total. The van der Waals surface area contributed by atoms with Gasteiger partial charge in [-0.1, -0.05) is 60.2 Å². The lowest BCUT2D eigenvalue weighted by molar-refractivity contribution is 0.0935. The Morgan fingerprint density at radius 1 is 1.09 bits per heavy atom. The van der Waals surface area contributed by atoms with Gasteiger partial charge in [0.05, 0.1) is 11.7 Å². The number of hydrogen-bond acceptors (Lipinski definition) is 2. The van der Waals surface area contributed by atoms with E-state index in [9.17, 15) is 4.79 Å². The highest BCUT2D eigenvalue weighted by Crippen LogP contribution is 2.19. The summed E-state index contributed by atoms with van der Waals surface area (Å²) in [6.07, 6.45) is 0. The molecule has 0 aliphatic heterocycles. The number of hydrogen-bond donors (Lipinski definition) is 2. The van der Waals surface area contributed by atoms with E-state index in [0.717, 1.165) is 16.8 Å². The molecule has 0 radical (unpaired) electrons. The van der Waals surface area contributed by atoms with E-state index in [0.29, 0.717) is 5.69 Å². The largest absolute Gasteiger partial charge is 0.344 e. The van der Waals surface area contributed by atoms with Crippen LogP contribution in [-0.2, 0) is 0 Å². The second-order valence-corrected chi connectivity index (χ2v) is 5.64. The van der Waals surface area contributed by atoms with E-state index in [-0.39, 0.29) is 11.9 Å². The predicted molar refractivity (Wildman–Crippen MR) is 91.1 cm³/mol. The van der Waals surface area contributed by atoms with Crippen LogP contribution in [-0.4, -0.2) is 16.1 Å². The van der Waals surface area contributed by atoms with Crippen molar-refractivity contribution in [1.29, 1.82) is 0 Å². The molecule has 2 aromatic carbocycles. The molecule has 3 aromatic rings. The smallest absolute Gasteiger partial charge is 0.269 e. The maximum Gasteiger partial charge on any atom is 0.269 e. The monoisotopic (exact) mass is 305 g/mol. The quantitative estimate of drug-likeness (QED) is 0.768. The standard InChI is InChI=1S/C19H19N3O/c1-13-8-10-16(11-9-13)17-12-18(22-21-17)19(23)20-14(2)15-6-4-3-5-7-15/h3-12,14H,1-2H3,(H,20,23)(H,21,22). The minimum absolute atomic E-state index is 0.0603. The molecular weight excluding hydrogens is 286 g/mol. The summed E-state index contributed by atoms with van der Waals surface area (Å²) in [7, 11) is 0. The molecule has 0 spiro atoms. The molecular formula is C19H19N3O. The maximum atomic E-state index is 12.3. The van der Waals surface area contributed by atoms with Crippen molar-refractivity contribution in [3.63, 3.8) is 0 Å². The summed E-state index contributed by atoms with van der Waals surface area (Å²) < 4.78 is 0. The van der Waals surface area contributed by atoms with E-state index in [4.69, 9.17) is 0 Å². The fourth-order valence-corrected chi connectivity index (χ4v) is 2.41. The molecule has 116 valence electrons. The highest BCUT2D eigenvalue weighted by molar-refractivity contribution is 5.93. The van der Waals surface area contributed by atoms with Crippen molar-refractivity contribution in [3.8, 4) is 11.3 Å². The van der Waals surface area contributed by atoms with Crippen LogP contribution in [0.3, 0.4) is 0 Å². The predicted octanol–water partition coefficient (Wildman–Crippen LogP) is 3.88. The molecule has 23 heavy (non-hydrogen) atoms. The van der Waals surface area contributed by atoms with Gasteiger partial charge in [-0.15, -0.1) is 0 Å². The zero-order valence-electron chi connectivity index (χ0n) is 13.2. The number of nitrogens with one attached hydrogen (secondary N) is 2. The van der Waals surface area contributed by atoms with Crippen LogP contribution in [0.15, 0.2) is 60.7 Å². The normalized spacial score (nSPS) is 11.9. The van der Waals surface area contributed by atoms with Crippen molar-refractivity contribution >= 4 is 5.91 Å². The average molecular weight is 305 g/mol. The van der Waals surface area contributed by atoms with E-state index in [1.54, 1.807) is 6.07 Å². The van der Waals surface area contributed by atoms with Crippen molar-refractivity contribution < 1.29 is 4.79 Å². The summed E-state index contributed by atoms with van der Waals surface area (Å²) in [5.41, 5.74) is 4.48. The maximum absolute atomic E-state index is 12.3. The summed E-state index contributed by atoms with van der Waals surface area (Å²) in [5, 5.41) is 10.0. The highest BCUT2D eigenvalue weighted by Gasteiger charge is 2.14. The van der Waals surface area contributed by atoms with Gasteiger partial charge in [0.2, 0.25) is 0 Å². The van der Waals surface area contributed by atoms with Crippen LogP contribution < -0.4 is 5.32 Å². The van der Waals surface area contributed by atoms with Gasteiger partial charge in [0.1, 0.15) is 5.69 Å². The van der Waals surface area contributed by atoms with Crippen molar-refractivity contribution in [2.45, 2.75) is 19.9 Å². The van der Waals surface area contributed by atoms with Gasteiger partial charge in [-0.2, -0.15) is 5.10 Å². The summed E-state index contributed by atoms with van der Waals surface area (Å²) in [5.74, 6) is -0.160. The third kappa shape index (κ3) is 3.48. The molecule has 2 N–H and O–H groups in total. The zero-order chi connectivity index (χ0) is 16.2. The summed E-state index contributed by atoms with van der Waals surface area (Å²) in [6.45, 7) is 4.00. The van der Waals surface area contributed by atoms with Crippen LogP contribution >= 0.6 is 0 Å². The van der Waals surface area contributed by atoms with E-state index in [2.05, 4.69) is 15.5 Å². The highest BCUT2D eigenvalue weighted by atomic mass is 16.2. The van der Waals surface area contributed by atoms with Crippen molar-refractivity contribution in [3.05, 3.63) is 77.5 Å². The lowest BCUT2D eigenvalue weighted by Crippen LogP contribution is -2.26. The molecule has 0 bridgehead atoms. The summed E-state index contributed by atoms with van der Waals surface area (Å²) in [6, 6.07) is 19.6. The fraction of sp³-hybridized carbons (Fsp3) is 0.158. The number of carbonyl (C=O) groups excluding carboxylic acids is 1. The first-order chi connectivity index (χ1) is 11.1. The van der Waals surface area contributed by atoms with Crippen LogP contribution in [0.5, 0.6) is 0 Å². The first-order valence-electron chi connectivity index (χ1n) is 7.62. The Hall–Kier alpha value is -2.88. The van der Waals surface area contributed by atoms with Crippen LogP contribution in [0.1, 0.15) is 34.6 Å². The van der Waals surface area contributed by atoms with Gasteiger partial charge in [-0.05, 0) is 25.5 Å². The SMILES string of the molecule is Cc1ccc(-c2cc(C(=O)NC(C)c3ccccc3)[nH]n2)cc1. The molecule has 0 saturated heterocycles. The van der Waals surface area contributed by atoms with Gasteiger partial charge in [0.25, 0.3) is 5.91 Å². The van der Waals surface area contributed by atoms with Crippen LogP contribution in [0.4, 0.5) is 0 Å². The molecule has 1 heterocycles.